The van der Waals surface area contributed by atoms with Gasteiger partial charge in [-0.3, -0.25) is 14.9 Å². The Morgan fingerprint density at radius 3 is 2.43 bits per heavy atom. The summed E-state index contributed by atoms with van der Waals surface area (Å²) in [5.74, 6) is -0.412. The lowest BCUT2D eigenvalue weighted by Gasteiger charge is -2.10. The van der Waals surface area contributed by atoms with E-state index in [1.165, 1.54) is 18.2 Å². The van der Waals surface area contributed by atoms with Gasteiger partial charge in [-0.1, -0.05) is 15.9 Å². The summed E-state index contributed by atoms with van der Waals surface area (Å²) in [4.78, 5) is 22.6. The summed E-state index contributed by atoms with van der Waals surface area (Å²) in [6, 6.07) is 11.2. The first-order valence-corrected chi connectivity index (χ1v) is 6.83. The molecule has 0 heterocycles. The lowest BCUT2D eigenvalue weighted by atomic mass is 10.1. The van der Waals surface area contributed by atoms with Gasteiger partial charge in [-0.25, -0.2) is 0 Å². The van der Waals surface area contributed by atoms with Crippen molar-refractivity contribution in [3.63, 3.8) is 0 Å². The zero-order chi connectivity index (χ0) is 15.4. The Hall–Kier alpha value is -2.41. The molecule has 0 atom stereocenters. The van der Waals surface area contributed by atoms with Crippen molar-refractivity contribution >= 4 is 38.9 Å². The van der Waals surface area contributed by atoms with Crippen LogP contribution in [0.3, 0.4) is 0 Å². The van der Waals surface area contributed by atoms with Gasteiger partial charge >= 0.3 is 0 Å². The van der Waals surface area contributed by atoms with Crippen molar-refractivity contribution in [3.05, 3.63) is 62.6 Å². The Labute approximate surface area is 129 Å². The number of carbonyl (C=O) groups is 1. The van der Waals surface area contributed by atoms with E-state index in [4.69, 9.17) is 0 Å². The molecule has 108 valence electrons. The van der Waals surface area contributed by atoms with Crippen LogP contribution in [0.4, 0.5) is 17.1 Å². The molecule has 0 saturated heterocycles. The SMILES string of the molecule is CNc1ccc([N+](=O)[O-])cc1C(=O)Nc1ccc(Br)cc1. The molecule has 0 aliphatic rings. The maximum absolute atomic E-state index is 12.3. The van der Waals surface area contributed by atoms with E-state index in [-0.39, 0.29) is 11.3 Å². The number of hydrogen-bond acceptors (Lipinski definition) is 4. The zero-order valence-electron chi connectivity index (χ0n) is 11.1. The molecule has 2 aromatic carbocycles. The fraction of sp³-hybridized carbons (Fsp3) is 0.0714. The Balaban J connectivity index is 2.30. The average Bonchev–Trinajstić information content (AvgIpc) is 2.48. The van der Waals surface area contributed by atoms with E-state index in [1.54, 1.807) is 31.3 Å². The van der Waals surface area contributed by atoms with Gasteiger partial charge in [-0.15, -0.1) is 0 Å². The number of nitro groups is 1. The van der Waals surface area contributed by atoms with Crippen LogP contribution >= 0.6 is 15.9 Å². The molecule has 0 fully saturated rings. The van der Waals surface area contributed by atoms with Crippen molar-refractivity contribution in [1.82, 2.24) is 0 Å². The zero-order valence-corrected chi connectivity index (χ0v) is 12.7. The molecule has 2 rings (SSSR count). The minimum absolute atomic E-state index is 0.130. The summed E-state index contributed by atoms with van der Waals surface area (Å²) in [5, 5.41) is 16.4. The molecular formula is C14H12BrN3O3. The van der Waals surface area contributed by atoms with Gasteiger partial charge in [-0.05, 0) is 30.3 Å². The number of nitrogens with one attached hydrogen (secondary N) is 2. The molecule has 0 bridgehead atoms. The van der Waals surface area contributed by atoms with Gasteiger partial charge in [0.05, 0.1) is 10.5 Å². The van der Waals surface area contributed by atoms with E-state index in [0.717, 1.165) is 4.47 Å². The molecule has 2 aromatic rings. The van der Waals surface area contributed by atoms with Gasteiger partial charge in [-0.2, -0.15) is 0 Å². The molecule has 1 amide bonds. The van der Waals surface area contributed by atoms with Gasteiger partial charge in [0.2, 0.25) is 0 Å². The third-order valence-corrected chi connectivity index (χ3v) is 3.36. The highest BCUT2D eigenvalue weighted by Crippen LogP contribution is 2.23. The van der Waals surface area contributed by atoms with Crippen LogP contribution in [-0.4, -0.2) is 17.9 Å². The molecule has 0 saturated carbocycles. The van der Waals surface area contributed by atoms with Crippen LogP contribution in [0.15, 0.2) is 46.9 Å². The van der Waals surface area contributed by atoms with Gasteiger partial charge in [0.25, 0.3) is 11.6 Å². The van der Waals surface area contributed by atoms with E-state index in [9.17, 15) is 14.9 Å². The lowest BCUT2D eigenvalue weighted by Crippen LogP contribution is -2.14. The topological polar surface area (TPSA) is 84.3 Å². The van der Waals surface area contributed by atoms with Crippen LogP contribution in [0.5, 0.6) is 0 Å². The second kappa shape index (κ2) is 6.36. The Kier molecular flexibility index (Phi) is 4.54. The van der Waals surface area contributed by atoms with Crippen LogP contribution in [0.2, 0.25) is 0 Å². The summed E-state index contributed by atoms with van der Waals surface area (Å²) < 4.78 is 0.895. The van der Waals surface area contributed by atoms with Crippen molar-refractivity contribution in [2.45, 2.75) is 0 Å². The molecular weight excluding hydrogens is 338 g/mol. The molecule has 7 heteroatoms. The second-order valence-corrected chi connectivity index (χ2v) is 5.11. The van der Waals surface area contributed by atoms with Crippen molar-refractivity contribution in [1.29, 1.82) is 0 Å². The summed E-state index contributed by atoms with van der Waals surface area (Å²) >= 11 is 3.31. The summed E-state index contributed by atoms with van der Waals surface area (Å²) in [7, 11) is 1.65. The molecule has 6 nitrogen and oxygen atoms in total. The van der Waals surface area contributed by atoms with Crippen molar-refractivity contribution in [3.8, 4) is 0 Å². The van der Waals surface area contributed by atoms with Gasteiger partial charge in [0, 0.05) is 35.0 Å². The molecule has 0 spiro atoms. The molecule has 0 radical (unpaired) electrons. The average molecular weight is 350 g/mol. The normalized spacial score (nSPS) is 10.0. The van der Waals surface area contributed by atoms with E-state index in [1.807, 2.05) is 0 Å². The van der Waals surface area contributed by atoms with Crippen LogP contribution in [0, 0.1) is 10.1 Å². The maximum atomic E-state index is 12.3. The van der Waals surface area contributed by atoms with Crippen molar-refractivity contribution in [2.24, 2.45) is 0 Å². The van der Waals surface area contributed by atoms with E-state index in [0.29, 0.717) is 11.4 Å². The van der Waals surface area contributed by atoms with Crippen LogP contribution in [0.25, 0.3) is 0 Å². The van der Waals surface area contributed by atoms with Gasteiger partial charge in [0.15, 0.2) is 0 Å². The first-order chi connectivity index (χ1) is 10.0. The summed E-state index contributed by atoms with van der Waals surface area (Å²) in [6.07, 6.45) is 0. The maximum Gasteiger partial charge on any atom is 0.270 e. The molecule has 0 aromatic heterocycles. The number of carbonyl (C=O) groups excluding carboxylic acids is 1. The highest BCUT2D eigenvalue weighted by molar-refractivity contribution is 9.10. The highest BCUT2D eigenvalue weighted by atomic mass is 79.9. The molecule has 21 heavy (non-hydrogen) atoms. The highest BCUT2D eigenvalue weighted by Gasteiger charge is 2.16. The second-order valence-electron chi connectivity index (χ2n) is 4.20. The van der Waals surface area contributed by atoms with Crippen molar-refractivity contribution in [2.75, 3.05) is 17.7 Å². The summed E-state index contributed by atoms with van der Waals surface area (Å²) in [5.41, 5.74) is 1.22. The quantitative estimate of drug-likeness (QED) is 0.651. The monoisotopic (exact) mass is 349 g/mol. The van der Waals surface area contributed by atoms with E-state index >= 15 is 0 Å². The predicted molar refractivity (Wildman–Crippen MR) is 84.7 cm³/mol. The smallest absolute Gasteiger partial charge is 0.270 e. The van der Waals surface area contributed by atoms with Gasteiger partial charge in [0.1, 0.15) is 0 Å². The minimum atomic E-state index is -0.532. The number of non-ortho nitro benzene ring substituents is 1. The minimum Gasteiger partial charge on any atom is -0.387 e. The third-order valence-electron chi connectivity index (χ3n) is 2.83. The molecule has 0 aliphatic heterocycles. The number of halogens is 1. The molecule has 0 aliphatic carbocycles. The fourth-order valence-corrected chi connectivity index (χ4v) is 2.05. The fourth-order valence-electron chi connectivity index (χ4n) is 1.78. The van der Waals surface area contributed by atoms with Crippen LogP contribution < -0.4 is 10.6 Å². The van der Waals surface area contributed by atoms with Crippen molar-refractivity contribution < 1.29 is 9.72 Å². The Morgan fingerprint density at radius 2 is 1.86 bits per heavy atom. The largest absolute Gasteiger partial charge is 0.387 e. The number of nitrogens with zero attached hydrogens (tertiary/aromatic N) is 1. The van der Waals surface area contributed by atoms with Crippen LogP contribution in [0.1, 0.15) is 10.4 Å². The molecule has 0 unspecified atom stereocenters. The van der Waals surface area contributed by atoms with Crippen LogP contribution in [-0.2, 0) is 0 Å². The van der Waals surface area contributed by atoms with E-state index < -0.39 is 10.8 Å². The number of nitro benzene ring substituents is 1. The first-order valence-electron chi connectivity index (χ1n) is 6.04. The third kappa shape index (κ3) is 3.57. The number of benzene rings is 2. The number of anilines is 2. The number of amides is 1. The number of hydrogen-bond donors (Lipinski definition) is 2. The molecule has 2 N–H and O–H groups in total. The summed E-state index contributed by atoms with van der Waals surface area (Å²) in [6.45, 7) is 0. The van der Waals surface area contributed by atoms with Gasteiger partial charge < -0.3 is 10.6 Å². The van der Waals surface area contributed by atoms with E-state index in [2.05, 4.69) is 26.6 Å². The standard InChI is InChI=1S/C14H12BrN3O3/c1-16-13-7-6-11(18(20)21)8-12(13)14(19)17-10-4-2-9(15)3-5-10/h2-8,16H,1H3,(H,17,19). The first kappa shape index (κ1) is 15.0. The Morgan fingerprint density at radius 1 is 1.19 bits per heavy atom. The number of rotatable bonds is 4. The predicted octanol–water partition coefficient (Wildman–Crippen LogP) is 3.65. The Bertz CT molecular complexity index is 686. The lowest BCUT2D eigenvalue weighted by molar-refractivity contribution is -0.384.